The molecule has 6 nitrogen and oxygen atoms in total. The normalized spacial score (nSPS) is 16.0. The lowest BCUT2D eigenvalue weighted by Gasteiger charge is -2.31. The molecule has 0 saturated heterocycles. The SMILES string of the molecule is CCN(CC)CC(C)(C)CS(=O)(=O)NC(=O)Nc1c2c(cc3c1CCC3)CCC2. The van der Waals surface area contributed by atoms with Crippen LogP contribution in [0.3, 0.4) is 0 Å². The molecule has 0 aliphatic heterocycles. The maximum Gasteiger partial charge on any atom is 0.332 e. The molecule has 1 aromatic carbocycles. The summed E-state index contributed by atoms with van der Waals surface area (Å²) in [5, 5.41) is 2.91. The van der Waals surface area contributed by atoms with Crippen molar-refractivity contribution in [1.82, 2.24) is 9.62 Å². The van der Waals surface area contributed by atoms with Crippen molar-refractivity contribution in [3.8, 4) is 0 Å². The Kier molecular flexibility index (Phi) is 6.58. The summed E-state index contributed by atoms with van der Waals surface area (Å²) in [4.78, 5) is 14.8. The first-order valence-electron chi connectivity index (χ1n) is 10.8. The highest BCUT2D eigenvalue weighted by atomic mass is 32.2. The van der Waals surface area contributed by atoms with Gasteiger partial charge in [0.15, 0.2) is 0 Å². The second kappa shape index (κ2) is 8.64. The van der Waals surface area contributed by atoms with Crippen LogP contribution in [0.1, 0.15) is 62.8 Å². The van der Waals surface area contributed by atoms with Crippen LogP contribution < -0.4 is 10.0 Å². The Morgan fingerprint density at radius 1 is 1.03 bits per heavy atom. The molecule has 3 rings (SSSR count). The van der Waals surface area contributed by atoms with Gasteiger partial charge in [0.2, 0.25) is 10.0 Å². The molecular formula is C22H35N3O3S. The van der Waals surface area contributed by atoms with Crippen molar-refractivity contribution >= 4 is 21.7 Å². The Labute approximate surface area is 175 Å². The predicted octanol–water partition coefficient (Wildman–Crippen LogP) is 3.48. The average Bonchev–Trinajstić information content (AvgIpc) is 3.26. The molecule has 29 heavy (non-hydrogen) atoms. The molecule has 162 valence electrons. The number of nitrogens with one attached hydrogen (secondary N) is 2. The third-order valence-electron chi connectivity index (χ3n) is 6.09. The minimum atomic E-state index is -3.74. The van der Waals surface area contributed by atoms with Gasteiger partial charge in [-0.1, -0.05) is 33.8 Å². The molecule has 0 spiro atoms. The lowest BCUT2D eigenvalue weighted by Crippen LogP contribution is -2.44. The summed E-state index contributed by atoms with van der Waals surface area (Å²) >= 11 is 0. The Bertz CT molecular complexity index is 842. The van der Waals surface area contributed by atoms with Crippen molar-refractivity contribution in [2.45, 2.75) is 66.2 Å². The van der Waals surface area contributed by atoms with E-state index in [0.717, 1.165) is 57.3 Å². The van der Waals surface area contributed by atoms with Gasteiger partial charge < -0.3 is 10.2 Å². The first kappa shape index (κ1) is 22.1. The Morgan fingerprint density at radius 3 is 2.10 bits per heavy atom. The maximum atomic E-state index is 12.7. The summed E-state index contributed by atoms with van der Waals surface area (Å²) in [6.07, 6.45) is 6.15. The second-order valence-electron chi connectivity index (χ2n) is 9.17. The summed E-state index contributed by atoms with van der Waals surface area (Å²) in [6, 6.07) is 1.65. The zero-order valence-electron chi connectivity index (χ0n) is 18.2. The van der Waals surface area contributed by atoms with Crippen LogP contribution in [0.5, 0.6) is 0 Å². The monoisotopic (exact) mass is 421 g/mol. The van der Waals surface area contributed by atoms with Crippen LogP contribution >= 0.6 is 0 Å². The number of urea groups is 1. The highest BCUT2D eigenvalue weighted by Gasteiger charge is 2.30. The number of nitrogens with zero attached hydrogens (tertiary/aromatic N) is 1. The van der Waals surface area contributed by atoms with E-state index in [1.165, 1.54) is 22.3 Å². The third-order valence-corrected chi connectivity index (χ3v) is 7.74. The highest BCUT2D eigenvalue weighted by Crippen LogP contribution is 2.38. The number of rotatable bonds is 8. The number of carbonyl (C=O) groups is 1. The van der Waals surface area contributed by atoms with Gasteiger partial charge in [-0.05, 0) is 79.3 Å². The number of carbonyl (C=O) groups excluding carboxylic acids is 1. The van der Waals surface area contributed by atoms with Crippen molar-refractivity contribution in [1.29, 1.82) is 0 Å². The molecule has 0 radical (unpaired) electrons. The van der Waals surface area contributed by atoms with Gasteiger partial charge in [-0.25, -0.2) is 17.9 Å². The standard InChI is InChI=1S/C22H35N3O3S/c1-5-25(6-2)14-22(3,4)15-29(27,28)24-21(26)23-20-18-11-7-9-16(18)13-17-10-8-12-19(17)20/h13H,5-12,14-15H2,1-4H3,(H2,23,24,26). The van der Waals surface area contributed by atoms with Crippen LogP contribution in [-0.4, -0.2) is 44.7 Å². The van der Waals surface area contributed by atoms with Crippen molar-refractivity contribution in [2.24, 2.45) is 5.41 Å². The van der Waals surface area contributed by atoms with Crippen LogP contribution in [-0.2, 0) is 35.7 Å². The number of hydrogen-bond acceptors (Lipinski definition) is 4. The fourth-order valence-electron chi connectivity index (χ4n) is 4.90. The van der Waals surface area contributed by atoms with Gasteiger partial charge in [0.25, 0.3) is 0 Å². The predicted molar refractivity (Wildman–Crippen MR) is 118 cm³/mol. The van der Waals surface area contributed by atoms with E-state index in [9.17, 15) is 13.2 Å². The van der Waals surface area contributed by atoms with E-state index in [1.54, 1.807) is 0 Å². The first-order valence-corrected chi connectivity index (χ1v) is 12.5. The number of anilines is 1. The quantitative estimate of drug-likeness (QED) is 0.674. The van der Waals surface area contributed by atoms with E-state index in [2.05, 4.69) is 34.9 Å². The van der Waals surface area contributed by atoms with Gasteiger partial charge in [0.1, 0.15) is 0 Å². The molecule has 0 fully saturated rings. The smallest absolute Gasteiger partial charge is 0.307 e. The third kappa shape index (κ3) is 5.31. The summed E-state index contributed by atoms with van der Waals surface area (Å²) in [7, 11) is -3.74. The first-order chi connectivity index (χ1) is 13.6. The van der Waals surface area contributed by atoms with E-state index in [-0.39, 0.29) is 5.75 Å². The molecular weight excluding hydrogens is 386 g/mol. The largest absolute Gasteiger partial charge is 0.332 e. The lowest BCUT2D eigenvalue weighted by molar-refractivity contribution is 0.209. The summed E-state index contributed by atoms with van der Waals surface area (Å²) in [5.74, 6) is -0.0884. The van der Waals surface area contributed by atoms with Gasteiger partial charge in [-0.3, -0.25) is 0 Å². The summed E-state index contributed by atoms with van der Waals surface area (Å²) < 4.78 is 27.6. The van der Waals surface area contributed by atoms with Crippen molar-refractivity contribution < 1.29 is 13.2 Å². The van der Waals surface area contributed by atoms with Crippen LogP contribution in [0.15, 0.2) is 6.07 Å². The molecule has 2 N–H and O–H groups in total. The molecule has 7 heteroatoms. The lowest BCUT2D eigenvalue weighted by atomic mass is 9.95. The molecule has 0 saturated carbocycles. The Morgan fingerprint density at radius 2 is 1.59 bits per heavy atom. The van der Waals surface area contributed by atoms with Gasteiger partial charge in [-0.15, -0.1) is 0 Å². The van der Waals surface area contributed by atoms with Crippen molar-refractivity contribution in [3.05, 3.63) is 28.3 Å². The number of sulfonamides is 1. The molecule has 2 amide bonds. The fraction of sp³-hybridized carbons (Fsp3) is 0.682. The molecule has 0 bridgehead atoms. The van der Waals surface area contributed by atoms with Gasteiger partial charge in [0, 0.05) is 12.2 Å². The molecule has 0 atom stereocenters. The van der Waals surface area contributed by atoms with Crippen molar-refractivity contribution in [3.63, 3.8) is 0 Å². The van der Waals surface area contributed by atoms with Gasteiger partial charge >= 0.3 is 6.03 Å². The van der Waals surface area contributed by atoms with E-state index in [1.807, 2.05) is 13.8 Å². The zero-order chi connectivity index (χ0) is 21.2. The van der Waals surface area contributed by atoms with E-state index >= 15 is 0 Å². The van der Waals surface area contributed by atoms with Crippen LogP contribution in [0, 0.1) is 5.41 Å². The average molecular weight is 422 g/mol. The molecule has 0 aromatic heterocycles. The minimum Gasteiger partial charge on any atom is -0.307 e. The molecule has 2 aliphatic rings. The van der Waals surface area contributed by atoms with Crippen molar-refractivity contribution in [2.75, 3.05) is 30.7 Å². The number of benzene rings is 1. The second-order valence-corrected chi connectivity index (χ2v) is 10.9. The molecule has 0 unspecified atom stereocenters. The number of aryl methyl sites for hydroxylation is 2. The van der Waals surface area contributed by atoms with E-state index in [4.69, 9.17) is 0 Å². The number of amides is 2. The summed E-state index contributed by atoms with van der Waals surface area (Å²) in [5.41, 5.74) is 5.42. The molecule has 0 heterocycles. The molecule has 1 aromatic rings. The van der Waals surface area contributed by atoms with Crippen LogP contribution in [0.25, 0.3) is 0 Å². The topological polar surface area (TPSA) is 78.5 Å². The Balaban J connectivity index is 1.70. The van der Waals surface area contributed by atoms with Crippen LogP contribution in [0.4, 0.5) is 10.5 Å². The molecule has 2 aliphatic carbocycles. The minimum absolute atomic E-state index is 0.0884. The van der Waals surface area contributed by atoms with Crippen LogP contribution in [0.2, 0.25) is 0 Å². The fourth-order valence-corrected chi connectivity index (χ4v) is 6.42. The van der Waals surface area contributed by atoms with E-state index < -0.39 is 21.5 Å². The number of hydrogen-bond donors (Lipinski definition) is 2. The number of fused-ring (bicyclic) bond motifs is 2. The zero-order valence-corrected chi connectivity index (χ0v) is 19.0. The highest BCUT2D eigenvalue weighted by molar-refractivity contribution is 7.90. The van der Waals surface area contributed by atoms with Gasteiger partial charge in [-0.2, -0.15) is 0 Å². The Hall–Kier alpha value is -1.60. The summed E-state index contributed by atoms with van der Waals surface area (Å²) in [6.45, 7) is 10.4. The van der Waals surface area contributed by atoms with E-state index in [0.29, 0.717) is 6.54 Å². The van der Waals surface area contributed by atoms with Gasteiger partial charge in [0.05, 0.1) is 5.75 Å². The maximum absolute atomic E-state index is 12.7.